The number of nitrogens with zero attached hydrogens (tertiary/aromatic N) is 6. The van der Waals surface area contributed by atoms with Crippen molar-refractivity contribution >= 4 is 11.9 Å². The number of hydrogen-bond acceptors (Lipinski definition) is 8. The first kappa shape index (κ1) is 12.8. The van der Waals surface area contributed by atoms with Crippen molar-refractivity contribution in [2.45, 2.75) is 12.8 Å². The van der Waals surface area contributed by atoms with E-state index in [1.165, 1.54) is 0 Å². The van der Waals surface area contributed by atoms with E-state index in [0.717, 1.165) is 0 Å². The van der Waals surface area contributed by atoms with Crippen LogP contribution in [0.25, 0.3) is 11.5 Å². The van der Waals surface area contributed by atoms with Gasteiger partial charge in [0.1, 0.15) is 5.69 Å². The second kappa shape index (κ2) is 5.86. The molecule has 2 N–H and O–H groups in total. The molecule has 0 atom stereocenters. The van der Waals surface area contributed by atoms with E-state index in [4.69, 9.17) is 4.52 Å². The minimum absolute atomic E-state index is 0.125. The van der Waals surface area contributed by atoms with Gasteiger partial charge in [-0.2, -0.15) is 10.2 Å². The number of rotatable bonds is 5. The number of tetrazole rings is 1. The SMILES string of the molecule is O=C(CCc1nc(-c2ccccn2)no1)Nc1nn[nH]n1. The van der Waals surface area contributed by atoms with Crippen molar-refractivity contribution in [2.24, 2.45) is 0 Å². The van der Waals surface area contributed by atoms with Crippen molar-refractivity contribution in [3.8, 4) is 11.5 Å². The fraction of sp³-hybridized carbons (Fsp3) is 0.182. The average Bonchev–Trinajstić information content (AvgIpc) is 3.17. The van der Waals surface area contributed by atoms with Crippen molar-refractivity contribution in [3.05, 3.63) is 30.3 Å². The highest BCUT2D eigenvalue weighted by Gasteiger charge is 2.12. The second-order valence-corrected chi connectivity index (χ2v) is 4.01. The molecule has 3 heterocycles. The fourth-order valence-corrected chi connectivity index (χ4v) is 1.58. The van der Waals surface area contributed by atoms with Gasteiger partial charge in [0.05, 0.1) is 0 Å². The number of amides is 1. The quantitative estimate of drug-likeness (QED) is 0.679. The first-order valence-electron chi connectivity index (χ1n) is 6.08. The van der Waals surface area contributed by atoms with Crippen molar-refractivity contribution in [3.63, 3.8) is 0 Å². The molecule has 1 amide bonds. The Kier molecular flexibility index (Phi) is 3.58. The minimum atomic E-state index is -0.269. The Balaban J connectivity index is 1.56. The highest BCUT2D eigenvalue weighted by Crippen LogP contribution is 2.12. The van der Waals surface area contributed by atoms with Crippen LogP contribution in [0.15, 0.2) is 28.9 Å². The zero-order valence-electron chi connectivity index (χ0n) is 10.7. The molecule has 10 heteroatoms. The zero-order chi connectivity index (χ0) is 14.5. The molecule has 0 saturated heterocycles. The third-order valence-corrected chi connectivity index (χ3v) is 2.52. The molecule has 0 radical (unpaired) electrons. The van der Waals surface area contributed by atoms with Crippen molar-refractivity contribution in [1.82, 2.24) is 35.7 Å². The van der Waals surface area contributed by atoms with Crippen LogP contribution in [0.3, 0.4) is 0 Å². The van der Waals surface area contributed by atoms with Gasteiger partial charge >= 0.3 is 0 Å². The molecule has 21 heavy (non-hydrogen) atoms. The van der Waals surface area contributed by atoms with Crippen LogP contribution in [0.4, 0.5) is 5.95 Å². The summed E-state index contributed by atoms with van der Waals surface area (Å²) in [6.07, 6.45) is 2.12. The van der Waals surface area contributed by atoms with Gasteiger partial charge in [-0.25, -0.2) is 0 Å². The molecule has 0 aliphatic heterocycles. The molecule has 0 bridgehead atoms. The summed E-state index contributed by atoms with van der Waals surface area (Å²) in [4.78, 5) is 19.9. The largest absolute Gasteiger partial charge is 0.339 e. The molecule has 0 fully saturated rings. The number of pyridine rings is 1. The molecular weight excluding hydrogens is 276 g/mol. The monoisotopic (exact) mass is 286 g/mol. The van der Waals surface area contributed by atoms with Crippen LogP contribution in [0.5, 0.6) is 0 Å². The Morgan fingerprint density at radius 1 is 1.38 bits per heavy atom. The number of aromatic nitrogens is 7. The summed E-state index contributed by atoms with van der Waals surface area (Å²) in [6.45, 7) is 0. The van der Waals surface area contributed by atoms with Crippen LogP contribution in [0.1, 0.15) is 12.3 Å². The fourth-order valence-electron chi connectivity index (χ4n) is 1.58. The molecule has 0 aromatic carbocycles. The van der Waals surface area contributed by atoms with Crippen LogP contribution in [-0.2, 0) is 11.2 Å². The molecule has 0 aliphatic carbocycles. The Bertz CT molecular complexity index is 709. The highest BCUT2D eigenvalue weighted by atomic mass is 16.5. The Morgan fingerprint density at radius 3 is 3.10 bits per heavy atom. The number of carbonyl (C=O) groups is 1. The predicted octanol–water partition coefficient (Wildman–Crippen LogP) is 0.216. The smallest absolute Gasteiger partial charge is 0.269 e. The lowest BCUT2D eigenvalue weighted by atomic mass is 10.3. The average molecular weight is 286 g/mol. The lowest BCUT2D eigenvalue weighted by molar-refractivity contribution is -0.116. The molecule has 3 aromatic rings. The van der Waals surface area contributed by atoms with Gasteiger partial charge in [-0.1, -0.05) is 16.3 Å². The molecular formula is C11H10N8O2. The van der Waals surface area contributed by atoms with E-state index in [0.29, 0.717) is 23.8 Å². The van der Waals surface area contributed by atoms with Crippen LogP contribution < -0.4 is 5.32 Å². The minimum Gasteiger partial charge on any atom is -0.339 e. The van der Waals surface area contributed by atoms with Crippen molar-refractivity contribution in [2.75, 3.05) is 5.32 Å². The van der Waals surface area contributed by atoms with Gasteiger partial charge in [-0.3, -0.25) is 15.1 Å². The number of H-pyrrole nitrogens is 1. The maximum Gasteiger partial charge on any atom is 0.269 e. The lowest BCUT2D eigenvalue weighted by Gasteiger charge is -1.96. The van der Waals surface area contributed by atoms with E-state index in [9.17, 15) is 4.79 Å². The van der Waals surface area contributed by atoms with E-state index in [2.05, 4.69) is 41.1 Å². The number of aryl methyl sites for hydroxylation is 1. The van der Waals surface area contributed by atoms with Crippen molar-refractivity contribution < 1.29 is 9.32 Å². The summed E-state index contributed by atoms with van der Waals surface area (Å²) in [5.74, 6) is 0.608. The van der Waals surface area contributed by atoms with Crippen LogP contribution in [-0.4, -0.2) is 41.7 Å². The normalized spacial score (nSPS) is 10.5. The van der Waals surface area contributed by atoms with E-state index in [-0.39, 0.29) is 18.3 Å². The first-order valence-corrected chi connectivity index (χ1v) is 6.08. The lowest BCUT2D eigenvalue weighted by Crippen LogP contribution is -2.13. The van der Waals surface area contributed by atoms with Gasteiger partial charge in [-0.15, -0.1) is 5.10 Å². The molecule has 0 saturated carbocycles. The molecule has 0 unspecified atom stereocenters. The Morgan fingerprint density at radius 2 is 2.33 bits per heavy atom. The van der Waals surface area contributed by atoms with Gasteiger partial charge in [-0.05, 0) is 17.3 Å². The molecule has 0 aliphatic rings. The van der Waals surface area contributed by atoms with Crippen LogP contribution in [0, 0.1) is 0 Å². The molecule has 106 valence electrons. The molecule has 3 aromatic heterocycles. The summed E-state index contributed by atoms with van der Waals surface area (Å²) in [5, 5.41) is 19.1. The van der Waals surface area contributed by atoms with Crippen LogP contribution in [0.2, 0.25) is 0 Å². The zero-order valence-corrected chi connectivity index (χ0v) is 10.7. The molecule has 3 rings (SSSR count). The van der Waals surface area contributed by atoms with Gasteiger partial charge < -0.3 is 4.52 Å². The summed E-state index contributed by atoms with van der Waals surface area (Å²) >= 11 is 0. The summed E-state index contributed by atoms with van der Waals surface area (Å²) < 4.78 is 5.07. The standard InChI is InChI=1S/C11H10N8O2/c20-8(13-11-15-18-19-16-11)4-5-9-14-10(17-21-9)7-3-1-2-6-12-7/h1-3,6H,4-5H2,(H2,13,15,16,18,19,20). The van der Waals surface area contributed by atoms with E-state index >= 15 is 0 Å². The van der Waals surface area contributed by atoms with E-state index < -0.39 is 0 Å². The topological polar surface area (TPSA) is 135 Å². The predicted molar refractivity (Wildman–Crippen MR) is 68.7 cm³/mol. The second-order valence-electron chi connectivity index (χ2n) is 4.01. The maximum atomic E-state index is 11.6. The number of hydrogen-bond donors (Lipinski definition) is 2. The molecule has 0 spiro atoms. The highest BCUT2D eigenvalue weighted by molar-refractivity contribution is 5.88. The van der Waals surface area contributed by atoms with Gasteiger partial charge in [0.15, 0.2) is 0 Å². The maximum absolute atomic E-state index is 11.6. The van der Waals surface area contributed by atoms with Gasteiger partial charge in [0.2, 0.25) is 17.6 Å². The Hall–Kier alpha value is -3.17. The molecule has 10 nitrogen and oxygen atoms in total. The Labute approximate surface area is 118 Å². The van der Waals surface area contributed by atoms with Gasteiger partial charge in [0, 0.05) is 19.0 Å². The van der Waals surface area contributed by atoms with E-state index in [1.54, 1.807) is 18.3 Å². The van der Waals surface area contributed by atoms with E-state index in [1.807, 2.05) is 6.07 Å². The number of anilines is 1. The van der Waals surface area contributed by atoms with Crippen molar-refractivity contribution in [1.29, 1.82) is 0 Å². The number of nitrogens with one attached hydrogen (secondary N) is 2. The number of aromatic amines is 1. The summed E-state index contributed by atoms with van der Waals surface area (Å²) in [5.41, 5.74) is 0.615. The summed E-state index contributed by atoms with van der Waals surface area (Å²) in [7, 11) is 0. The summed E-state index contributed by atoms with van der Waals surface area (Å²) in [6, 6.07) is 5.40. The first-order chi connectivity index (χ1) is 10.3. The third kappa shape index (κ3) is 3.23. The number of carbonyl (C=O) groups excluding carboxylic acids is 1. The van der Waals surface area contributed by atoms with Gasteiger partial charge in [0.25, 0.3) is 5.95 Å². The third-order valence-electron chi connectivity index (χ3n) is 2.52. The van der Waals surface area contributed by atoms with Crippen LogP contribution >= 0.6 is 0 Å².